The van der Waals surface area contributed by atoms with E-state index in [4.69, 9.17) is 11.6 Å². The van der Waals surface area contributed by atoms with Crippen LogP contribution in [0.5, 0.6) is 0 Å². The van der Waals surface area contributed by atoms with Crippen LogP contribution in [0.2, 0.25) is 0 Å². The number of carbonyl (C=O) groups is 1. The molecule has 2 rings (SSSR count). The van der Waals surface area contributed by atoms with Crippen LogP contribution in [-0.2, 0) is 10.7 Å². The summed E-state index contributed by atoms with van der Waals surface area (Å²) < 4.78 is 1.93. The fraction of sp³-hybridized carbons (Fsp3) is 0.429. The van der Waals surface area contributed by atoms with Crippen LogP contribution in [0.1, 0.15) is 31.3 Å². The molecular weight excluding hydrogens is 262 g/mol. The second-order valence-corrected chi connectivity index (χ2v) is 4.81. The van der Waals surface area contributed by atoms with Crippen molar-refractivity contribution in [1.29, 1.82) is 0 Å². The van der Waals surface area contributed by atoms with E-state index in [1.165, 1.54) is 0 Å². The molecule has 0 aliphatic carbocycles. The molecule has 0 saturated heterocycles. The molecular formula is C14H18ClN3O. The predicted octanol–water partition coefficient (Wildman–Crippen LogP) is 2.78. The molecule has 1 aromatic carbocycles. The fourth-order valence-corrected chi connectivity index (χ4v) is 2.51. The number of likely N-dealkylation sites (N-methyl/N-ethyl adjacent to an activating group) is 1. The first-order valence-electron chi connectivity index (χ1n) is 6.40. The van der Waals surface area contributed by atoms with Crippen LogP contribution >= 0.6 is 11.6 Å². The molecule has 5 heteroatoms. The van der Waals surface area contributed by atoms with Crippen molar-refractivity contribution in [2.75, 3.05) is 6.54 Å². The summed E-state index contributed by atoms with van der Waals surface area (Å²) in [7, 11) is 0. The number of halogens is 1. The number of amides is 1. The molecule has 1 N–H and O–H groups in total. The molecule has 2 aromatic rings. The maximum Gasteiger partial charge on any atom is 0.242 e. The number of hydrogen-bond acceptors (Lipinski definition) is 2. The Labute approximate surface area is 117 Å². The van der Waals surface area contributed by atoms with Gasteiger partial charge in [-0.2, -0.15) is 0 Å². The molecule has 0 radical (unpaired) electrons. The molecule has 0 aliphatic rings. The summed E-state index contributed by atoms with van der Waals surface area (Å²) in [5.74, 6) is 0.999. The number of aromatic nitrogens is 2. The maximum atomic E-state index is 12.1. The summed E-state index contributed by atoms with van der Waals surface area (Å²) in [4.78, 5) is 16.6. The van der Waals surface area contributed by atoms with Crippen LogP contribution in [0.4, 0.5) is 0 Å². The summed E-state index contributed by atoms with van der Waals surface area (Å²) in [6.07, 6.45) is 0. The van der Waals surface area contributed by atoms with Crippen molar-refractivity contribution in [3.05, 3.63) is 29.6 Å². The van der Waals surface area contributed by atoms with Crippen molar-refractivity contribution in [1.82, 2.24) is 14.9 Å². The van der Waals surface area contributed by atoms with Gasteiger partial charge in [-0.1, -0.05) is 12.1 Å². The van der Waals surface area contributed by atoms with E-state index in [2.05, 4.69) is 10.3 Å². The maximum absolute atomic E-state index is 12.1. The van der Waals surface area contributed by atoms with E-state index in [0.717, 1.165) is 22.4 Å². The summed E-state index contributed by atoms with van der Waals surface area (Å²) in [5.41, 5.74) is 2.96. The largest absolute Gasteiger partial charge is 0.355 e. The van der Waals surface area contributed by atoms with Crippen molar-refractivity contribution in [2.24, 2.45) is 0 Å². The van der Waals surface area contributed by atoms with Crippen molar-refractivity contribution in [3.8, 4) is 0 Å². The van der Waals surface area contributed by atoms with Gasteiger partial charge in [0.05, 0.1) is 16.9 Å². The van der Waals surface area contributed by atoms with Gasteiger partial charge in [-0.3, -0.25) is 4.79 Å². The zero-order chi connectivity index (χ0) is 14.0. The molecule has 0 spiro atoms. The summed E-state index contributed by atoms with van der Waals surface area (Å²) in [5, 5.41) is 2.84. The van der Waals surface area contributed by atoms with E-state index in [0.29, 0.717) is 6.54 Å². The van der Waals surface area contributed by atoms with Gasteiger partial charge in [0.15, 0.2) is 0 Å². The normalized spacial score (nSPS) is 12.6. The second-order valence-electron chi connectivity index (χ2n) is 4.54. The van der Waals surface area contributed by atoms with Crippen LogP contribution in [-0.4, -0.2) is 22.0 Å². The Morgan fingerprint density at radius 3 is 2.89 bits per heavy atom. The highest BCUT2D eigenvalue weighted by molar-refractivity contribution is 6.17. The Morgan fingerprint density at radius 1 is 1.53 bits per heavy atom. The van der Waals surface area contributed by atoms with Crippen molar-refractivity contribution in [3.63, 3.8) is 0 Å². The van der Waals surface area contributed by atoms with Crippen LogP contribution in [0.25, 0.3) is 11.0 Å². The third-order valence-corrected chi connectivity index (χ3v) is 3.46. The zero-order valence-corrected chi connectivity index (χ0v) is 12.2. The minimum absolute atomic E-state index is 0.0172. The number of nitrogens with one attached hydrogen (secondary N) is 1. The molecule has 1 aromatic heterocycles. The fourth-order valence-electron chi connectivity index (χ4n) is 2.32. The molecule has 0 bridgehead atoms. The van der Waals surface area contributed by atoms with Crippen molar-refractivity contribution in [2.45, 2.75) is 32.7 Å². The van der Waals surface area contributed by atoms with Gasteiger partial charge in [-0.05, 0) is 32.4 Å². The topological polar surface area (TPSA) is 46.9 Å². The number of rotatable bonds is 4. The van der Waals surface area contributed by atoms with Gasteiger partial charge in [0.2, 0.25) is 5.91 Å². The number of nitrogens with zero attached hydrogens (tertiary/aromatic N) is 2. The Hall–Kier alpha value is -1.55. The van der Waals surface area contributed by atoms with E-state index in [-0.39, 0.29) is 17.8 Å². The summed E-state index contributed by atoms with van der Waals surface area (Å²) in [6, 6.07) is 5.60. The highest BCUT2D eigenvalue weighted by Crippen LogP contribution is 2.25. The smallest absolute Gasteiger partial charge is 0.242 e. The average molecular weight is 280 g/mol. The van der Waals surface area contributed by atoms with Crippen LogP contribution in [0.15, 0.2) is 18.2 Å². The van der Waals surface area contributed by atoms with Crippen LogP contribution in [0, 0.1) is 6.92 Å². The molecule has 1 amide bonds. The molecule has 1 atom stereocenters. The lowest BCUT2D eigenvalue weighted by molar-refractivity contribution is -0.123. The number of carbonyl (C=O) groups excluding carboxylic acids is 1. The monoisotopic (exact) mass is 279 g/mol. The third kappa shape index (κ3) is 2.45. The first-order valence-corrected chi connectivity index (χ1v) is 6.93. The van der Waals surface area contributed by atoms with Gasteiger partial charge in [-0.15, -0.1) is 11.6 Å². The quantitative estimate of drug-likeness (QED) is 0.875. The van der Waals surface area contributed by atoms with E-state index in [1.807, 2.05) is 43.5 Å². The standard InChI is InChI=1S/C14H18ClN3O/c1-4-16-14(19)10(3)18-12(8-15)17-11-7-5-6-9(2)13(11)18/h5-7,10H,4,8H2,1-3H3,(H,16,19). The molecule has 19 heavy (non-hydrogen) atoms. The van der Waals surface area contributed by atoms with Crippen LogP contribution in [0.3, 0.4) is 0 Å². The highest BCUT2D eigenvalue weighted by Gasteiger charge is 2.21. The molecule has 0 aliphatic heterocycles. The molecule has 0 fully saturated rings. The first-order chi connectivity index (χ1) is 9.10. The minimum Gasteiger partial charge on any atom is -0.355 e. The Morgan fingerprint density at radius 2 is 2.26 bits per heavy atom. The predicted molar refractivity (Wildman–Crippen MR) is 77.4 cm³/mol. The van der Waals surface area contributed by atoms with Crippen molar-refractivity contribution < 1.29 is 4.79 Å². The third-order valence-electron chi connectivity index (χ3n) is 3.22. The number of aryl methyl sites for hydroxylation is 1. The van der Waals surface area contributed by atoms with E-state index >= 15 is 0 Å². The Kier molecular flexibility index (Phi) is 4.10. The second kappa shape index (κ2) is 5.61. The first kappa shape index (κ1) is 13.9. The molecule has 1 unspecified atom stereocenters. The zero-order valence-electron chi connectivity index (χ0n) is 11.4. The lowest BCUT2D eigenvalue weighted by Gasteiger charge is -2.17. The lowest BCUT2D eigenvalue weighted by Crippen LogP contribution is -2.31. The van der Waals surface area contributed by atoms with Gasteiger partial charge in [-0.25, -0.2) is 4.98 Å². The van der Waals surface area contributed by atoms with Gasteiger partial charge >= 0.3 is 0 Å². The van der Waals surface area contributed by atoms with Gasteiger partial charge in [0.25, 0.3) is 0 Å². The van der Waals surface area contributed by atoms with Crippen LogP contribution < -0.4 is 5.32 Å². The number of alkyl halides is 1. The SMILES string of the molecule is CCNC(=O)C(C)n1c(CCl)nc2cccc(C)c21. The number of benzene rings is 1. The highest BCUT2D eigenvalue weighted by atomic mass is 35.5. The number of imidazole rings is 1. The molecule has 1 heterocycles. The van der Waals surface area contributed by atoms with Gasteiger partial charge in [0.1, 0.15) is 11.9 Å². The summed E-state index contributed by atoms with van der Waals surface area (Å²) in [6.45, 7) is 6.41. The molecule has 4 nitrogen and oxygen atoms in total. The molecule has 0 saturated carbocycles. The summed E-state index contributed by atoms with van der Waals surface area (Å²) >= 11 is 5.97. The van der Waals surface area contributed by atoms with Gasteiger partial charge in [0, 0.05) is 6.54 Å². The number of fused-ring (bicyclic) bond motifs is 1. The van der Waals surface area contributed by atoms with E-state index < -0.39 is 0 Å². The minimum atomic E-state index is -0.320. The average Bonchev–Trinajstić information content (AvgIpc) is 2.78. The number of para-hydroxylation sites is 1. The number of hydrogen-bond donors (Lipinski definition) is 1. The Balaban J connectivity index is 2.60. The van der Waals surface area contributed by atoms with Gasteiger partial charge < -0.3 is 9.88 Å². The van der Waals surface area contributed by atoms with E-state index in [1.54, 1.807) is 0 Å². The lowest BCUT2D eigenvalue weighted by atomic mass is 10.2. The van der Waals surface area contributed by atoms with Crippen molar-refractivity contribution >= 4 is 28.5 Å². The Bertz CT molecular complexity index is 606. The van der Waals surface area contributed by atoms with E-state index in [9.17, 15) is 4.79 Å². The molecule has 102 valence electrons.